The molecule has 0 saturated carbocycles. The first-order valence-corrected chi connectivity index (χ1v) is 12.8. The SMILES string of the molecule is CCCCCCCCCCCCCCCCCO[C@@H]1O[C@@H](CO)C[C@H]1OCCOC. The van der Waals surface area contributed by atoms with Gasteiger partial charge in [0.15, 0.2) is 6.29 Å². The van der Waals surface area contributed by atoms with Crippen LogP contribution in [0.3, 0.4) is 0 Å². The van der Waals surface area contributed by atoms with Crippen LogP contribution in [0.1, 0.15) is 110 Å². The van der Waals surface area contributed by atoms with Crippen LogP contribution in [0, 0.1) is 0 Å². The van der Waals surface area contributed by atoms with Crippen molar-refractivity contribution in [1.82, 2.24) is 0 Å². The highest BCUT2D eigenvalue weighted by Gasteiger charge is 2.36. The molecule has 0 bridgehead atoms. The zero-order valence-corrected chi connectivity index (χ0v) is 20.0. The zero-order chi connectivity index (χ0) is 21.7. The third kappa shape index (κ3) is 14.7. The van der Waals surface area contributed by atoms with E-state index in [-0.39, 0.29) is 25.1 Å². The van der Waals surface area contributed by atoms with E-state index >= 15 is 0 Å². The lowest BCUT2D eigenvalue weighted by Crippen LogP contribution is -2.29. The molecule has 180 valence electrons. The first-order valence-electron chi connectivity index (χ1n) is 12.8. The van der Waals surface area contributed by atoms with Crippen molar-refractivity contribution < 1.29 is 24.1 Å². The molecule has 0 aliphatic carbocycles. The van der Waals surface area contributed by atoms with Gasteiger partial charge in [-0.2, -0.15) is 0 Å². The minimum Gasteiger partial charge on any atom is -0.394 e. The van der Waals surface area contributed by atoms with E-state index in [4.69, 9.17) is 18.9 Å². The summed E-state index contributed by atoms with van der Waals surface area (Å²) in [6, 6.07) is 0. The maximum Gasteiger partial charge on any atom is 0.184 e. The molecule has 0 aromatic rings. The second kappa shape index (κ2) is 20.7. The summed E-state index contributed by atoms with van der Waals surface area (Å²) in [6.45, 7) is 4.09. The van der Waals surface area contributed by atoms with E-state index in [0.717, 1.165) is 6.42 Å². The number of ether oxygens (including phenoxy) is 4. The fourth-order valence-corrected chi connectivity index (χ4v) is 4.07. The first-order chi connectivity index (χ1) is 14.8. The number of methoxy groups -OCH3 is 1. The number of aliphatic hydroxyl groups is 1. The first kappa shape index (κ1) is 27.8. The summed E-state index contributed by atoms with van der Waals surface area (Å²) in [5.74, 6) is 0. The summed E-state index contributed by atoms with van der Waals surface area (Å²) in [5.41, 5.74) is 0. The van der Waals surface area contributed by atoms with Crippen molar-refractivity contribution >= 4 is 0 Å². The largest absolute Gasteiger partial charge is 0.394 e. The average molecular weight is 431 g/mol. The monoisotopic (exact) mass is 430 g/mol. The molecule has 1 aliphatic heterocycles. The van der Waals surface area contributed by atoms with E-state index in [1.165, 1.54) is 89.9 Å². The van der Waals surface area contributed by atoms with Crippen molar-refractivity contribution in [3.05, 3.63) is 0 Å². The maximum atomic E-state index is 9.32. The molecule has 5 heteroatoms. The molecule has 1 rings (SSSR count). The third-order valence-corrected chi connectivity index (χ3v) is 5.98. The van der Waals surface area contributed by atoms with Gasteiger partial charge in [-0.25, -0.2) is 0 Å². The predicted molar refractivity (Wildman–Crippen MR) is 123 cm³/mol. The standard InChI is InChI=1S/C25H50O5/c1-3-4-5-6-7-8-9-10-11-12-13-14-15-16-17-18-29-25-24(28-20-19-27-2)21-23(22-26)30-25/h23-26H,3-22H2,1-2H3/t23-,24-,25-/m1/s1. The van der Waals surface area contributed by atoms with Gasteiger partial charge in [-0.05, 0) is 6.42 Å². The lowest BCUT2D eigenvalue weighted by molar-refractivity contribution is -0.181. The molecule has 0 spiro atoms. The van der Waals surface area contributed by atoms with Gasteiger partial charge < -0.3 is 24.1 Å². The molecule has 1 N–H and O–H groups in total. The van der Waals surface area contributed by atoms with E-state index in [2.05, 4.69) is 6.92 Å². The van der Waals surface area contributed by atoms with E-state index < -0.39 is 0 Å². The molecule has 5 nitrogen and oxygen atoms in total. The fourth-order valence-electron chi connectivity index (χ4n) is 4.07. The van der Waals surface area contributed by atoms with Crippen LogP contribution in [0.4, 0.5) is 0 Å². The Bertz CT molecular complexity index is 352. The van der Waals surface area contributed by atoms with Gasteiger partial charge in [-0.3, -0.25) is 0 Å². The number of hydrogen-bond donors (Lipinski definition) is 1. The summed E-state index contributed by atoms with van der Waals surface area (Å²) < 4.78 is 22.4. The van der Waals surface area contributed by atoms with Gasteiger partial charge >= 0.3 is 0 Å². The third-order valence-electron chi connectivity index (χ3n) is 5.98. The van der Waals surface area contributed by atoms with Crippen LogP contribution < -0.4 is 0 Å². The van der Waals surface area contributed by atoms with Crippen molar-refractivity contribution in [2.24, 2.45) is 0 Å². The van der Waals surface area contributed by atoms with E-state index in [1.54, 1.807) is 7.11 Å². The lowest BCUT2D eigenvalue weighted by Gasteiger charge is -2.19. The number of hydrogen-bond acceptors (Lipinski definition) is 5. The number of aliphatic hydroxyl groups excluding tert-OH is 1. The molecule has 1 aliphatic rings. The highest BCUT2D eigenvalue weighted by atomic mass is 16.7. The van der Waals surface area contributed by atoms with E-state index in [1.807, 2.05) is 0 Å². The van der Waals surface area contributed by atoms with Crippen molar-refractivity contribution in [2.75, 3.05) is 33.5 Å². The molecule has 1 fully saturated rings. The van der Waals surface area contributed by atoms with Gasteiger partial charge in [-0.1, -0.05) is 96.8 Å². The molecule has 0 aromatic carbocycles. The topological polar surface area (TPSA) is 57.2 Å². The van der Waals surface area contributed by atoms with Gasteiger partial charge in [0.2, 0.25) is 0 Å². The van der Waals surface area contributed by atoms with Crippen molar-refractivity contribution in [1.29, 1.82) is 0 Å². The summed E-state index contributed by atoms with van der Waals surface area (Å²) >= 11 is 0. The van der Waals surface area contributed by atoms with Gasteiger partial charge in [0.05, 0.1) is 25.9 Å². The van der Waals surface area contributed by atoms with Crippen LogP contribution in [-0.2, 0) is 18.9 Å². The van der Waals surface area contributed by atoms with Gasteiger partial charge in [-0.15, -0.1) is 0 Å². The molecular formula is C25H50O5. The van der Waals surface area contributed by atoms with E-state index in [0.29, 0.717) is 26.2 Å². The van der Waals surface area contributed by atoms with Crippen LogP contribution in [0.2, 0.25) is 0 Å². The molecule has 1 saturated heterocycles. The molecule has 1 heterocycles. The predicted octanol–water partition coefficient (Wildman–Crippen LogP) is 6.01. The highest BCUT2D eigenvalue weighted by molar-refractivity contribution is 4.78. The Kier molecular flexibility index (Phi) is 19.2. The van der Waals surface area contributed by atoms with Crippen LogP contribution in [0.15, 0.2) is 0 Å². The van der Waals surface area contributed by atoms with Crippen LogP contribution >= 0.6 is 0 Å². The minimum atomic E-state index is -0.356. The second-order valence-electron chi connectivity index (χ2n) is 8.77. The Morgan fingerprint density at radius 3 is 1.73 bits per heavy atom. The molecule has 0 aromatic heterocycles. The van der Waals surface area contributed by atoms with Gasteiger partial charge in [0, 0.05) is 20.1 Å². The normalized spacial score (nSPS) is 21.5. The van der Waals surface area contributed by atoms with Crippen LogP contribution in [0.5, 0.6) is 0 Å². The molecule has 3 atom stereocenters. The smallest absolute Gasteiger partial charge is 0.184 e. The van der Waals surface area contributed by atoms with Crippen LogP contribution in [-0.4, -0.2) is 57.1 Å². The number of unbranched alkanes of at least 4 members (excludes halogenated alkanes) is 14. The number of rotatable bonds is 22. The molecule has 0 radical (unpaired) electrons. The maximum absolute atomic E-state index is 9.32. The van der Waals surface area contributed by atoms with Gasteiger partial charge in [0.25, 0.3) is 0 Å². The summed E-state index contributed by atoms with van der Waals surface area (Å²) in [5, 5.41) is 9.32. The highest BCUT2D eigenvalue weighted by Crippen LogP contribution is 2.24. The zero-order valence-electron chi connectivity index (χ0n) is 20.0. The van der Waals surface area contributed by atoms with Crippen molar-refractivity contribution in [3.8, 4) is 0 Å². The molecule has 0 unspecified atom stereocenters. The van der Waals surface area contributed by atoms with E-state index in [9.17, 15) is 5.11 Å². The quantitative estimate of drug-likeness (QED) is 0.213. The molecule has 0 amide bonds. The summed E-state index contributed by atoms with van der Waals surface area (Å²) in [6.07, 6.45) is 20.5. The minimum absolute atomic E-state index is 0.0168. The average Bonchev–Trinajstić information content (AvgIpc) is 3.15. The lowest BCUT2D eigenvalue weighted by atomic mass is 10.0. The fraction of sp³-hybridized carbons (Fsp3) is 1.00. The Balaban J connectivity index is 1.87. The Morgan fingerprint density at radius 2 is 1.23 bits per heavy atom. The Labute approximate surface area is 186 Å². The van der Waals surface area contributed by atoms with Crippen molar-refractivity contribution in [3.63, 3.8) is 0 Å². The van der Waals surface area contributed by atoms with Gasteiger partial charge in [0.1, 0.15) is 6.10 Å². The molecule has 30 heavy (non-hydrogen) atoms. The second-order valence-corrected chi connectivity index (χ2v) is 8.77. The Hall–Kier alpha value is -0.200. The van der Waals surface area contributed by atoms with Crippen molar-refractivity contribution in [2.45, 2.75) is 128 Å². The Morgan fingerprint density at radius 1 is 0.700 bits per heavy atom. The van der Waals surface area contributed by atoms with Crippen LogP contribution in [0.25, 0.3) is 0 Å². The summed E-state index contributed by atoms with van der Waals surface area (Å²) in [4.78, 5) is 0. The summed E-state index contributed by atoms with van der Waals surface area (Å²) in [7, 11) is 1.66. The molecular weight excluding hydrogens is 380 g/mol.